The lowest BCUT2D eigenvalue weighted by molar-refractivity contribution is -0.138. The molecule has 0 aliphatic carbocycles. The molecule has 0 aliphatic rings. The number of ether oxygens (including phenoxy) is 2. The van der Waals surface area contributed by atoms with Gasteiger partial charge in [-0.25, -0.2) is 4.98 Å². The van der Waals surface area contributed by atoms with Gasteiger partial charge in [-0.3, -0.25) is 4.40 Å². The van der Waals surface area contributed by atoms with Crippen LogP contribution in [0.25, 0.3) is 16.7 Å². The molecule has 162 valence electrons. The number of hydrogen-bond donors (Lipinski definition) is 1. The van der Waals surface area contributed by atoms with Gasteiger partial charge in [0.1, 0.15) is 5.82 Å². The van der Waals surface area contributed by atoms with Crippen LogP contribution in [0.3, 0.4) is 0 Å². The molecule has 31 heavy (non-hydrogen) atoms. The van der Waals surface area contributed by atoms with E-state index >= 15 is 0 Å². The van der Waals surface area contributed by atoms with Crippen molar-refractivity contribution in [2.75, 3.05) is 19.5 Å². The Kier molecular flexibility index (Phi) is 5.12. The third-order valence-corrected chi connectivity index (χ3v) is 5.23. The average Bonchev–Trinajstić information content (AvgIpc) is 3.11. The van der Waals surface area contributed by atoms with E-state index in [1.807, 2.05) is 23.6 Å². The summed E-state index contributed by atoms with van der Waals surface area (Å²) in [5, 5.41) is 3.91. The topological polar surface area (TPSA) is 60.7 Å². The Hall–Kier alpha value is -3.49. The van der Waals surface area contributed by atoms with Crippen LogP contribution in [-0.2, 0) is 12.7 Å². The third kappa shape index (κ3) is 3.71. The van der Waals surface area contributed by atoms with Crippen LogP contribution in [0.5, 0.6) is 11.5 Å². The standard InChI is InChI=1S/C22H21F3N4O2/c1-12-11-29-17-9-19(31-4)18(30-3)8-15(17)20(28-21(29)27-12)26-10-14-6-5-7-16(13(14)2)22(23,24)25/h5-9,11H,10H2,1-4H3,(H,26,27,28). The van der Waals surface area contributed by atoms with Gasteiger partial charge >= 0.3 is 6.18 Å². The van der Waals surface area contributed by atoms with E-state index in [1.165, 1.54) is 20.1 Å². The quantitative estimate of drug-likeness (QED) is 0.475. The number of imidazole rings is 1. The van der Waals surface area contributed by atoms with Crippen LogP contribution in [0, 0.1) is 13.8 Å². The maximum Gasteiger partial charge on any atom is 0.416 e. The number of alkyl halides is 3. The molecule has 0 radical (unpaired) electrons. The number of benzene rings is 2. The summed E-state index contributed by atoms with van der Waals surface area (Å²) in [6.07, 6.45) is -2.54. The number of nitrogens with one attached hydrogen (secondary N) is 1. The predicted molar refractivity (Wildman–Crippen MR) is 112 cm³/mol. The van der Waals surface area contributed by atoms with Crippen molar-refractivity contribution in [3.05, 3.63) is 58.9 Å². The molecule has 0 unspecified atom stereocenters. The molecule has 2 aromatic heterocycles. The number of nitrogens with zero attached hydrogens (tertiary/aromatic N) is 3. The van der Waals surface area contributed by atoms with E-state index in [-0.39, 0.29) is 12.1 Å². The molecule has 0 saturated heterocycles. The molecule has 1 N–H and O–H groups in total. The molecule has 0 atom stereocenters. The molecule has 0 amide bonds. The van der Waals surface area contributed by atoms with E-state index in [9.17, 15) is 13.2 Å². The zero-order valence-electron chi connectivity index (χ0n) is 17.5. The lowest BCUT2D eigenvalue weighted by atomic mass is 10.0. The number of anilines is 1. The molecule has 2 aromatic carbocycles. The van der Waals surface area contributed by atoms with Gasteiger partial charge in [-0.15, -0.1) is 0 Å². The van der Waals surface area contributed by atoms with Crippen LogP contribution in [0.1, 0.15) is 22.4 Å². The summed E-state index contributed by atoms with van der Waals surface area (Å²) in [7, 11) is 3.09. The van der Waals surface area contributed by atoms with Crippen molar-refractivity contribution in [3.8, 4) is 11.5 Å². The van der Waals surface area contributed by atoms with Crippen molar-refractivity contribution in [3.63, 3.8) is 0 Å². The molecule has 2 heterocycles. The normalized spacial score (nSPS) is 11.8. The first-order valence-electron chi connectivity index (χ1n) is 9.54. The maximum absolute atomic E-state index is 13.3. The number of fused-ring (bicyclic) bond motifs is 3. The lowest BCUT2D eigenvalue weighted by Crippen LogP contribution is -2.11. The summed E-state index contributed by atoms with van der Waals surface area (Å²) < 4.78 is 52.5. The fraction of sp³-hybridized carbons (Fsp3) is 0.273. The highest BCUT2D eigenvalue weighted by molar-refractivity contribution is 5.93. The Morgan fingerprint density at radius 2 is 1.74 bits per heavy atom. The zero-order valence-corrected chi connectivity index (χ0v) is 17.5. The van der Waals surface area contributed by atoms with Crippen molar-refractivity contribution in [2.45, 2.75) is 26.6 Å². The fourth-order valence-corrected chi connectivity index (χ4v) is 3.65. The summed E-state index contributed by atoms with van der Waals surface area (Å²) in [4.78, 5) is 9.03. The van der Waals surface area contributed by atoms with Crippen LogP contribution in [0.15, 0.2) is 36.5 Å². The van der Waals surface area contributed by atoms with Crippen molar-refractivity contribution < 1.29 is 22.6 Å². The molecule has 6 nitrogen and oxygen atoms in total. The van der Waals surface area contributed by atoms with Gasteiger partial charge in [0.15, 0.2) is 11.5 Å². The highest BCUT2D eigenvalue weighted by Crippen LogP contribution is 2.36. The Balaban J connectivity index is 1.82. The molecule has 9 heteroatoms. The molecule has 0 bridgehead atoms. The fourth-order valence-electron chi connectivity index (χ4n) is 3.65. The average molecular weight is 430 g/mol. The van der Waals surface area contributed by atoms with Crippen molar-refractivity contribution >= 4 is 22.5 Å². The van der Waals surface area contributed by atoms with E-state index in [4.69, 9.17) is 9.47 Å². The van der Waals surface area contributed by atoms with E-state index < -0.39 is 11.7 Å². The highest BCUT2D eigenvalue weighted by atomic mass is 19.4. The lowest BCUT2D eigenvalue weighted by Gasteiger charge is -2.16. The van der Waals surface area contributed by atoms with Gasteiger partial charge < -0.3 is 14.8 Å². The van der Waals surface area contributed by atoms with Crippen molar-refractivity contribution in [2.24, 2.45) is 0 Å². The van der Waals surface area contributed by atoms with Gasteiger partial charge in [-0.05, 0) is 37.1 Å². The van der Waals surface area contributed by atoms with E-state index in [1.54, 1.807) is 19.2 Å². The van der Waals surface area contributed by atoms with Gasteiger partial charge in [0, 0.05) is 24.2 Å². The van der Waals surface area contributed by atoms with Crippen LogP contribution in [0.2, 0.25) is 0 Å². The summed E-state index contributed by atoms with van der Waals surface area (Å²) >= 11 is 0. The molecule has 0 saturated carbocycles. The number of methoxy groups -OCH3 is 2. The molecule has 0 fully saturated rings. The van der Waals surface area contributed by atoms with Crippen molar-refractivity contribution in [1.82, 2.24) is 14.4 Å². The van der Waals surface area contributed by atoms with Crippen LogP contribution < -0.4 is 14.8 Å². The van der Waals surface area contributed by atoms with E-state index in [0.29, 0.717) is 28.7 Å². The second-order valence-electron chi connectivity index (χ2n) is 7.18. The Morgan fingerprint density at radius 1 is 1.03 bits per heavy atom. The largest absolute Gasteiger partial charge is 0.493 e. The molecule has 0 aliphatic heterocycles. The number of halogens is 3. The predicted octanol–water partition coefficient (Wildman–Crippen LogP) is 5.15. The molecule has 0 spiro atoms. The van der Waals surface area contributed by atoms with Gasteiger partial charge in [0.2, 0.25) is 5.78 Å². The summed E-state index contributed by atoms with van der Waals surface area (Å²) in [5.41, 5.74) is 1.64. The minimum Gasteiger partial charge on any atom is -0.493 e. The van der Waals surface area contributed by atoms with Crippen LogP contribution >= 0.6 is 0 Å². The Labute approximate surface area is 176 Å². The molecular formula is C22H21F3N4O2. The first-order valence-corrected chi connectivity index (χ1v) is 9.54. The van der Waals surface area contributed by atoms with Gasteiger partial charge in [0.05, 0.1) is 31.0 Å². The zero-order chi connectivity index (χ0) is 22.3. The second-order valence-corrected chi connectivity index (χ2v) is 7.18. The summed E-state index contributed by atoms with van der Waals surface area (Å²) in [6.45, 7) is 3.50. The third-order valence-electron chi connectivity index (χ3n) is 5.23. The second kappa shape index (κ2) is 7.64. The smallest absolute Gasteiger partial charge is 0.416 e. The van der Waals surface area contributed by atoms with Crippen molar-refractivity contribution in [1.29, 1.82) is 0 Å². The number of aryl methyl sites for hydroxylation is 1. The number of aromatic nitrogens is 3. The Morgan fingerprint density at radius 3 is 2.42 bits per heavy atom. The number of rotatable bonds is 5. The van der Waals surface area contributed by atoms with Gasteiger partial charge in [-0.1, -0.05) is 12.1 Å². The molecule has 4 aromatic rings. The van der Waals surface area contributed by atoms with Crippen LogP contribution in [-0.4, -0.2) is 28.6 Å². The minimum absolute atomic E-state index is 0.169. The molecule has 4 rings (SSSR count). The number of hydrogen-bond acceptors (Lipinski definition) is 5. The highest BCUT2D eigenvalue weighted by Gasteiger charge is 2.32. The van der Waals surface area contributed by atoms with Gasteiger partial charge in [-0.2, -0.15) is 18.2 Å². The maximum atomic E-state index is 13.3. The first-order chi connectivity index (χ1) is 14.7. The summed E-state index contributed by atoms with van der Waals surface area (Å²) in [6, 6.07) is 7.78. The monoisotopic (exact) mass is 430 g/mol. The SMILES string of the molecule is COc1cc2c(NCc3cccc(C(F)(F)F)c3C)nc3nc(C)cn3c2cc1OC. The molecular weight excluding hydrogens is 409 g/mol. The van der Waals surface area contributed by atoms with Crippen LogP contribution in [0.4, 0.5) is 19.0 Å². The van der Waals surface area contributed by atoms with E-state index in [0.717, 1.165) is 22.7 Å². The first kappa shape index (κ1) is 20.8. The minimum atomic E-state index is -4.40. The van der Waals surface area contributed by atoms with E-state index in [2.05, 4.69) is 15.3 Å². The van der Waals surface area contributed by atoms with Gasteiger partial charge in [0.25, 0.3) is 0 Å². The summed E-state index contributed by atoms with van der Waals surface area (Å²) in [5.74, 6) is 2.03. The Bertz CT molecular complexity index is 1280.